The Kier molecular flexibility index (Phi) is 3.28. The summed E-state index contributed by atoms with van der Waals surface area (Å²) < 4.78 is 11.3. The van der Waals surface area contributed by atoms with Gasteiger partial charge in [0.15, 0.2) is 0 Å². The van der Waals surface area contributed by atoms with Crippen molar-refractivity contribution in [3.05, 3.63) is 47.9 Å². The highest BCUT2D eigenvalue weighted by molar-refractivity contribution is 5.77. The number of fused-ring (bicyclic) bond motifs is 1. The number of aryl methyl sites for hydroxylation is 1. The third-order valence-corrected chi connectivity index (χ3v) is 3.47. The van der Waals surface area contributed by atoms with Crippen LogP contribution in [0, 0.1) is 6.92 Å². The van der Waals surface area contributed by atoms with Gasteiger partial charge >= 0.3 is 0 Å². The van der Waals surface area contributed by atoms with Crippen LogP contribution in [0.2, 0.25) is 0 Å². The quantitative estimate of drug-likeness (QED) is 0.728. The molecular weight excluding hydrogens is 254 g/mol. The first-order valence-corrected chi connectivity index (χ1v) is 6.61. The van der Waals surface area contributed by atoms with E-state index in [2.05, 4.69) is 34.2 Å². The summed E-state index contributed by atoms with van der Waals surface area (Å²) in [5.74, 6) is 2.14. The van der Waals surface area contributed by atoms with Crippen LogP contribution in [-0.2, 0) is 6.54 Å². The van der Waals surface area contributed by atoms with Gasteiger partial charge in [-0.1, -0.05) is 18.2 Å². The molecule has 1 aromatic carbocycles. The minimum absolute atomic E-state index is 0.134. The molecule has 0 saturated carbocycles. The van der Waals surface area contributed by atoms with Crippen molar-refractivity contribution >= 4 is 11.0 Å². The largest absolute Gasteiger partial charge is 0.459 e. The zero-order valence-corrected chi connectivity index (χ0v) is 11.8. The highest BCUT2D eigenvalue weighted by Gasteiger charge is 2.18. The molecule has 0 radical (unpaired) electrons. The number of rotatable bonds is 4. The van der Waals surface area contributed by atoms with Crippen LogP contribution in [0.1, 0.15) is 30.5 Å². The fraction of sp³-hybridized carbons (Fsp3) is 0.333. The summed E-state index contributed by atoms with van der Waals surface area (Å²) in [4.78, 5) is 2.12. The fourth-order valence-corrected chi connectivity index (χ4v) is 2.18. The summed E-state index contributed by atoms with van der Waals surface area (Å²) in [6, 6.07) is 10.2. The molecule has 0 aliphatic carbocycles. The van der Waals surface area contributed by atoms with Crippen molar-refractivity contribution in [1.82, 2.24) is 15.1 Å². The van der Waals surface area contributed by atoms with Gasteiger partial charge in [0.2, 0.25) is 11.8 Å². The second-order valence-corrected chi connectivity index (χ2v) is 4.99. The number of hydrogen-bond donors (Lipinski definition) is 0. The van der Waals surface area contributed by atoms with Gasteiger partial charge in [-0.3, -0.25) is 4.90 Å². The van der Waals surface area contributed by atoms with Crippen molar-refractivity contribution in [2.24, 2.45) is 0 Å². The van der Waals surface area contributed by atoms with Crippen LogP contribution in [0.3, 0.4) is 0 Å². The molecule has 0 N–H and O–H groups in total. The summed E-state index contributed by atoms with van der Waals surface area (Å²) in [5.41, 5.74) is 0.913. The first-order chi connectivity index (χ1) is 9.63. The summed E-state index contributed by atoms with van der Waals surface area (Å²) in [5, 5.41) is 8.98. The van der Waals surface area contributed by atoms with Gasteiger partial charge < -0.3 is 8.83 Å². The highest BCUT2D eigenvalue weighted by Crippen LogP contribution is 2.27. The Morgan fingerprint density at radius 2 is 2.00 bits per heavy atom. The van der Waals surface area contributed by atoms with Crippen molar-refractivity contribution < 1.29 is 8.83 Å². The molecule has 3 aromatic rings. The molecule has 0 fully saturated rings. The maximum Gasteiger partial charge on any atom is 0.230 e. The van der Waals surface area contributed by atoms with Crippen molar-refractivity contribution in [2.75, 3.05) is 7.05 Å². The minimum Gasteiger partial charge on any atom is -0.459 e. The zero-order chi connectivity index (χ0) is 14.1. The normalized spacial score (nSPS) is 13.2. The Bertz CT molecular complexity index is 684. The van der Waals surface area contributed by atoms with Crippen molar-refractivity contribution in [3.63, 3.8) is 0 Å². The lowest BCUT2D eigenvalue weighted by atomic mass is 10.2. The lowest BCUT2D eigenvalue weighted by Gasteiger charge is -2.20. The molecule has 5 heteroatoms. The third kappa shape index (κ3) is 2.44. The van der Waals surface area contributed by atoms with Crippen molar-refractivity contribution in [3.8, 4) is 0 Å². The molecule has 5 nitrogen and oxygen atoms in total. The van der Waals surface area contributed by atoms with E-state index in [1.807, 2.05) is 25.2 Å². The molecule has 104 valence electrons. The Balaban J connectivity index is 1.78. The van der Waals surface area contributed by atoms with E-state index in [1.54, 1.807) is 6.92 Å². The standard InChI is InChI=1S/C15H17N3O2/c1-10(18(3)9-15-17-16-11(2)19-15)14-8-12-6-4-5-7-13(12)20-14/h4-8,10H,9H2,1-3H3/t10-/m0/s1. The van der Waals surface area contributed by atoms with Gasteiger partial charge in [0, 0.05) is 12.3 Å². The average Bonchev–Trinajstić information content (AvgIpc) is 3.03. The Labute approximate surface area is 117 Å². The summed E-state index contributed by atoms with van der Waals surface area (Å²) in [7, 11) is 2.01. The summed E-state index contributed by atoms with van der Waals surface area (Å²) >= 11 is 0. The molecule has 1 atom stereocenters. The number of nitrogens with zero attached hydrogens (tertiary/aromatic N) is 3. The van der Waals surface area contributed by atoms with Crippen molar-refractivity contribution in [2.45, 2.75) is 26.4 Å². The average molecular weight is 271 g/mol. The van der Waals surface area contributed by atoms with E-state index in [-0.39, 0.29) is 6.04 Å². The lowest BCUT2D eigenvalue weighted by Crippen LogP contribution is -2.21. The molecule has 0 amide bonds. The molecule has 0 unspecified atom stereocenters. The molecule has 0 bridgehead atoms. The van der Waals surface area contributed by atoms with E-state index in [1.165, 1.54) is 0 Å². The van der Waals surface area contributed by atoms with Crippen LogP contribution < -0.4 is 0 Å². The molecule has 0 saturated heterocycles. The van der Waals surface area contributed by atoms with E-state index in [9.17, 15) is 0 Å². The maximum atomic E-state index is 5.89. The topological polar surface area (TPSA) is 55.3 Å². The first-order valence-electron chi connectivity index (χ1n) is 6.61. The van der Waals surface area contributed by atoms with E-state index in [0.29, 0.717) is 18.3 Å². The Morgan fingerprint density at radius 1 is 1.20 bits per heavy atom. The molecule has 2 heterocycles. The summed E-state index contributed by atoms with van der Waals surface area (Å²) in [6.07, 6.45) is 0. The molecule has 2 aromatic heterocycles. The fourth-order valence-electron chi connectivity index (χ4n) is 2.18. The van der Waals surface area contributed by atoms with E-state index in [0.717, 1.165) is 16.7 Å². The monoisotopic (exact) mass is 271 g/mol. The number of hydrogen-bond acceptors (Lipinski definition) is 5. The Hall–Kier alpha value is -2.14. The lowest BCUT2D eigenvalue weighted by molar-refractivity contribution is 0.205. The highest BCUT2D eigenvalue weighted by atomic mass is 16.4. The predicted octanol–water partition coefficient (Wildman–Crippen LogP) is 3.32. The molecule has 20 heavy (non-hydrogen) atoms. The third-order valence-electron chi connectivity index (χ3n) is 3.47. The number of para-hydroxylation sites is 1. The molecular formula is C15H17N3O2. The van der Waals surface area contributed by atoms with E-state index in [4.69, 9.17) is 8.83 Å². The van der Waals surface area contributed by atoms with Crippen LogP contribution in [0.5, 0.6) is 0 Å². The van der Waals surface area contributed by atoms with Crippen LogP contribution >= 0.6 is 0 Å². The summed E-state index contributed by atoms with van der Waals surface area (Å²) in [6.45, 7) is 4.49. The van der Waals surface area contributed by atoms with E-state index < -0.39 is 0 Å². The Morgan fingerprint density at radius 3 is 2.70 bits per heavy atom. The molecule has 0 aliphatic heterocycles. The van der Waals surface area contributed by atoms with Crippen LogP contribution in [0.15, 0.2) is 39.2 Å². The van der Waals surface area contributed by atoms with Crippen LogP contribution in [0.25, 0.3) is 11.0 Å². The zero-order valence-electron chi connectivity index (χ0n) is 11.8. The van der Waals surface area contributed by atoms with Gasteiger partial charge in [-0.2, -0.15) is 0 Å². The first kappa shape index (κ1) is 12.9. The minimum atomic E-state index is 0.134. The van der Waals surface area contributed by atoms with Gasteiger partial charge in [0.1, 0.15) is 11.3 Å². The smallest absolute Gasteiger partial charge is 0.230 e. The van der Waals surface area contributed by atoms with Crippen LogP contribution in [0.4, 0.5) is 0 Å². The van der Waals surface area contributed by atoms with Gasteiger partial charge in [0.05, 0.1) is 12.6 Å². The second-order valence-electron chi connectivity index (χ2n) is 4.99. The molecule has 0 spiro atoms. The van der Waals surface area contributed by atoms with E-state index >= 15 is 0 Å². The number of furan rings is 1. The number of aromatic nitrogens is 2. The van der Waals surface area contributed by atoms with Gasteiger partial charge in [-0.15, -0.1) is 10.2 Å². The second kappa shape index (κ2) is 5.09. The maximum absolute atomic E-state index is 5.89. The predicted molar refractivity (Wildman–Crippen MR) is 75.1 cm³/mol. The van der Waals surface area contributed by atoms with Gasteiger partial charge in [0.25, 0.3) is 0 Å². The molecule has 0 aliphatic rings. The van der Waals surface area contributed by atoms with Gasteiger partial charge in [-0.25, -0.2) is 0 Å². The molecule has 3 rings (SSSR count). The van der Waals surface area contributed by atoms with Crippen LogP contribution in [-0.4, -0.2) is 22.1 Å². The van der Waals surface area contributed by atoms with Crippen molar-refractivity contribution in [1.29, 1.82) is 0 Å². The number of benzene rings is 1. The SMILES string of the molecule is Cc1nnc(CN(C)[C@@H](C)c2cc3ccccc3o2)o1. The van der Waals surface area contributed by atoms with Gasteiger partial charge in [-0.05, 0) is 26.1 Å².